The third kappa shape index (κ3) is 8.30. The molecule has 0 bridgehead atoms. The zero-order chi connectivity index (χ0) is 14.8. The highest BCUT2D eigenvalue weighted by Crippen LogP contribution is 2.00. The van der Waals surface area contributed by atoms with Gasteiger partial charge in [-0.3, -0.25) is 4.79 Å². The summed E-state index contributed by atoms with van der Waals surface area (Å²) in [6.07, 6.45) is 2.34. The molecule has 0 aromatic heterocycles. The molecule has 1 unspecified atom stereocenters. The topological polar surface area (TPSA) is 105 Å². The van der Waals surface area contributed by atoms with Crippen molar-refractivity contribution in [3.8, 4) is 0 Å². The summed E-state index contributed by atoms with van der Waals surface area (Å²) in [5.74, 6) is -1.08. The zero-order valence-electron chi connectivity index (χ0n) is 11.3. The maximum absolute atomic E-state index is 11.6. The normalized spacial score (nSPS) is 13.2. The van der Waals surface area contributed by atoms with Gasteiger partial charge in [-0.15, -0.1) is 0 Å². The summed E-state index contributed by atoms with van der Waals surface area (Å²) in [7, 11) is 1.16. The number of esters is 1. The highest BCUT2D eigenvalue weighted by Gasteiger charge is 2.24. The van der Waals surface area contributed by atoms with E-state index in [0.717, 1.165) is 19.3 Å². The molecule has 0 aliphatic heterocycles. The Morgan fingerprint density at radius 1 is 1.32 bits per heavy atom. The van der Waals surface area contributed by atoms with Crippen molar-refractivity contribution in [2.24, 2.45) is 0 Å². The summed E-state index contributed by atoms with van der Waals surface area (Å²) in [6.45, 7) is 1.83. The van der Waals surface area contributed by atoms with Crippen molar-refractivity contribution < 1.29 is 24.2 Å². The van der Waals surface area contributed by atoms with Crippen molar-refractivity contribution in [1.82, 2.24) is 10.6 Å². The monoisotopic (exact) mass is 292 g/mol. The molecule has 0 fully saturated rings. The van der Waals surface area contributed by atoms with Gasteiger partial charge in [0.05, 0.1) is 13.5 Å². The van der Waals surface area contributed by atoms with Crippen molar-refractivity contribution in [2.75, 3.05) is 19.1 Å². The predicted octanol–water partition coefficient (Wildman–Crippen LogP) is 0.444. The second-order valence-electron chi connectivity index (χ2n) is 3.97. The summed E-state index contributed by atoms with van der Waals surface area (Å²) in [5.41, 5.74) is 0. The first-order chi connectivity index (χ1) is 8.90. The largest absolute Gasteiger partial charge is 0.480 e. The fourth-order valence-corrected chi connectivity index (χ4v) is 1.83. The van der Waals surface area contributed by atoms with Crippen LogP contribution in [0.15, 0.2) is 0 Å². The van der Waals surface area contributed by atoms with Gasteiger partial charge in [-0.05, 0) is 25.4 Å². The van der Waals surface area contributed by atoms with Crippen LogP contribution >= 0.6 is 11.8 Å². The van der Waals surface area contributed by atoms with Crippen LogP contribution in [-0.4, -0.2) is 54.3 Å². The van der Waals surface area contributed by atoms with Crippen LogP contribution in [0.2, 0.25) is 0 Å². The van der Waals surface area contributed by atoms with Crippen molar-refractivity contribution in [2.45, 2.75) is 31.8 Å². The van der Waals surface area contributed by atoms with Gasteiger partial charge >= 0.3 is 18.0 Å². The Kier molecular flexibility index (Phi) is 8.77. The number of hydrogen-bond donors (Lipinski definition) is 3. The average Bonchev–Trinajstić information content (AvgIpc) is 2.34. The predicted molar refractivity (Wildman–Crippen MR) is 72.2 cm³/mol. The zero-order valence-corrected chi connectivity index (χ0v) is 12.1. The molecular weight excluding hydrogens is 272 g/mol. The highest BCUT2D eigenvalue weighted by molar-refractivity contribution is 7.98. The van der Waals surface area contributed by atoms with Gasteiger partial charge in [-0.25, -0.2) is 9.59 Å². The molecule has 8 heteroatoms. The van der Waals surface area contributed by atoms with Crippen LogP contribution in [0.1, 0.15) is 19.8 Å². The number of aliphatic carboxylic acids is 1. The lowest BCUT2D eigenvalue weighted by atomic mass is 10.2. The van der Waals surface area contributed by atoms with Gasteiger partial charge < -0.3 is 20.5 Å². The first-order valence-electron chi connectivity index (χ1n) is 5.76. The number of ether oxygens (including phenoxy) is 1. The van der Waals surface area contributed by atoms with Gasteiger partial charge in [0, 0.05) is 6.04 Å². The summed E-state index contributed by atoms with van der Waals surface area (Å²) >= 11 is 1.66. The Labute approximate surface area is 116 Å². The lowest BCUT2D eigenvalue weighted by Gasteiger charge is -2.17. The molecule has 0 aromatic rings. The molecule has 0 aliphatic carbocycles. The van der Waals surface area contributed by atoms with Gasteiger partial charge in [0.1, 0.15) is 6.04 Å². The molecule has 0 rings (SSSR count). The van der Waals surface area contributed by atoms with Gasteiger partial charge in [-0.1, -0.05) is 0 Å². The van der Waals surface area contributed by atoms with E-state index in [2.05, 4.69) is 15.4 Å². The van der Waals surface area contributed by atoms with E-state index < -0.39 is 30.4 Å². The van der Waals surface area contributed by atoms with Gasteiger partial charge in [0.15, 0.2) is 0 Å². The Bertz CT molecular complexity index is 324. The molecule has 19 heavy (non-hydrogen) atoms. The Morgan fingerprint density at radius 2 is 1.95 bits per heavy atom. The minimum Gasteiger partial charge on any atom is -0.480 e. The number of rotatable bonds is 8. The Morgan fingerprint density at radius 3 is 2.42 bits per heavy atom. The maximum atomic E-state index is 11.6. The molecule has 0 saturated carbocycles. The summed E-state index contributed by atoms with van der Waals surface area (Å²) in [4.78, 5) is 33.5. The lowest BCUT2D eigenvalue weighted by Crippen LogP contribution is -2.49. The van der Waals surface area contributed by atoms with Crippen molar-refractivity contribution >= 4 is 29.7 Å². The molecule has 2 amide bonds. The third-order valence-corrected chi connectivity index (χ3v) is 2.98. The molecule has 0 aromatic carbocycles. The number of carbonyl (C=O) groups is 3. The van der Waals surface area contributed by atoms with Crippen LogP contribution in [0, 0.1) is 0 Å². The lowest BCUT2D eigenvalue weighted by molar-refractivity contribution is -0.147. The molecule has 110 valence electrons. The van der Waals surface area contributed by atoms with E-state index >= 15 is 0 Å². The van der Waals surface area contributed by atoms with Crippen LogP contribution in [0.4, 0.5) is 4.79 Å². The van der Waals surface area contributed by atoms with E-state index in [4.69, 9.17) is 5.11 Å². The van der Waals surface area contributed by atoms with E-state index in [1.54, 1.807) is 11.8 Å². The van der Waals surface area contributed by atoms with Gasteiger partial charge in [-0.2, -0.15) is 11.8 Å². The van der Waals surface area contributed by atoms with Gasteiger partial charge in [0.25, 0.3) is 0 Å². The van der Waals surface area contributed by atoms with Gasteiger partial charge in [0.2, 0.25) is 0 Å². The number of hydrogen-bond acceptors (Lipinski definition) is 5. The first kappa shape index (κ1) is 17.6. The maximum Gasteiger partial charge on any atom is 0.326 e. The smallest absolute Gasteiger partial charge is 0.326 e. The van der Waals surface area contributed by atoms with E-state index in [1.807, 2.05) is 13.2 Å². The van der Waals surface area contributed by atoms with Crippen LogP contribution in [0.25, 0.3) is 0 Å². The molecule has 0 saturated heterocycles. The molecule has 3 N–H and O–H groups in total. The minimum atomic E-state index is -1.29. The quantitative estimate of drug-likeness (QED) is 0.561. The van der Waals surface area contributed by atoms with Crippen LogP contribution in [0.5, 0.6) is 0 Å². The average molecular weight is 292 g/mol. The second-order valence-corrected chi connectivity index (χ2v) is 4.96. The minimum absolute atomic E-state index is 0.0694. The number of thioether (sulfide) groups is 1. The van der Waals surface area contributed by atoms with Crippen molar-refractivity contribution in [3.05, 3.63) is 0 Å². The van der Waals surface area contributed by atoms with E-state index in [1.165, 1.54) is 0 Å². The summed E-state index contributed by atoms with van der Waals surface area (Å²) < 4.78 is 4.37. The van der Waals surface area contributed by atoms with E-state index in [-0.39, 0.29) is 6.04 Å². The summed E-state index contributed by atoms with van der Waals surface area (Å²) in [6, 6.07) is -1.97. The number of amides is 2. The number of carboxylic acid groups (broad SMARTS) is 1. The molecule has 0 spiro atoms. The number of carboxylic acids is 1. The fourth-order valence-electron chi connectivity index (χ4n) is 1.24. The van der Waals surface area contributed by atoms with E-state index in [0.29, 0.717) is 0 Å². The third-order valence-electron chi connectivity index (χ3n) is 2.33. The fraction of sp³-hybridized carbons (Fsp3) is 0.727. The standard InChI is InChI=1S/C11H20N2O5S/c1-7(4-5-19-3)12-11(17)13-8(10(15)16)6-9(14)18-2/h7-8H,4-6H2,1-3H3,(H,15,16)(H2,12,13,17)/t7?,8-/m0/s1. The molecule has 0 heterocycles. The molecule has 0 aliphatic rings. The van der Waals surface area contributed by atoms with Crippen LogP contribution in [-0.2, 0) is 14.3 Å². The number of carbonyl (C=O) groups excluding carboxylic acids is 2. The van der Waals surface area contributed by atoms with Crippen LogP contribution < -0.4 is 10.6 Å². The number of nitrogens with one attached hydrogen (secondary N) is 2. The number of methoxy groups -OCH3 is 1. The number of urea groups is 1. The molecule has 7 nitrogen and oxygen atoms in total. The Hall–Kier alpha value is -1.44. The molecular formula is C11H20N2O5S. The Balaban J connectivity index is 4.24. The van der Waals surface area contributed by atoms with Crippen molar-refractivity contribution in [1.29, 1.82) is 0 Å². The highest BCUT2D eigenvalue weighted by atomic mass is 32.2. The van der Waals surface area contributed by atoms with Crippen molar-refractivity contribution in [3.63, 3.8) is 0 Å². The SMILES string of the molecule is COC(=O)C[C@H](NC(=O)NC(C)CCSC)C(=O)O. The van der Waals surface area contributed by atoms with Crippen LogP contribution in [0.3, 0.4) is 0 Å². The molecule has 2 atom stereocenters. The second kappa shape index (κ2) is 9.48. The van der Waals surface area contributed by atoms with E-state index in [9.17, 15) is 14.4 Å². The molecule has 0 radical (unpaired) electrons. The summed E-state index contributed by atoms with van der Waals surface area (Å²) in [5, 5.41) is 13.7. The first-order valence-corrected chi connectivity index (χ1v) is 7.15.